The van der Waals surface area contributed by atoms with Crippen LogP contribution in [0.15, 0.2) is 43.0 Å². The van der Waals surface area contributed by atoms with Gasteiger partial charge in [0.15, 0.2) is 0 Å². The highest BCUT2D eigenvalue weighted by atomic mass is 16.4. The number of nitrogens with one attached hydrogen (secondary N) is 1. The van der Waals surface area contributed by atoms with Crippen LogP contribution in [0.5, 0.6) is 0 Å². The number of anilines is 1. The zero-order valence-corrected chi connectivity index (χ0v) is 13.1. The molecule has 0 radical (unpaired) electrons. The molecule has 3 heterocycles. The summed E-state index contributed by atoms with van der Waals surface area (Å²) in [6.45, 7) is 1.31. The van der Waals surface area contributed by atoms with E-state index >= 15 is 0 Å². The molecule has 0 amide bonds. The number of fused-ring (bicyclic) bond motifs is 1. The number of nitrogens with zero attached hydrogens (tertiary/aromatic N) is 3. The molecule has 3 aromatic rings. The number of benzene rings is 1. The van der Waals surface area contributed by atoms with Crippen molar-refractivity contribution in [1.29, 1.82) is 0 Å². The summed E-state index contributed by atoms with van der Waals surface area (Å²) in [5.41, 5.74) is 3.00. The highest BCUT2D eigenvalue weighted by molar-refractivity contribution is 6.02. The van der Waals surface area contributed by atoms with E-state index in [1.807, 2.05) is 30.6 Å². The van der Waals surface area contributed by atoms with E-state index < -0.39 is 5.97 Å². The SMILES string of the molecule is O=C(O)C1CCCN(c2ncnc3cccc(-c4cc[nH]c4)c23)C1. The second-order valence-electron chi connectivity index (χ2n) is 6.12. The summed E-state index contributed by atoms with van der Waals surface area (Å²) in [7, 11) is 0. The van der Waals surface area contributed by atoms with Crippen LogP contribution in [0, 0.1) is 5.92 Å². The predicted octanol–water partition coefficient (Wildman–Crippen LogP) is 2.93. The summed E-state index contributed by atoms with van der Waals surface area (Å²) in [4.78, 5) is 25.5. The molecule has 0 bridgehead atoms. The molecule has 1 aliphatic heterocycles. The third kappa shape index (κ3) is 2.50. The van der Waals surface area contributed by atoms with Crippen LogP contribution in [0.25, 0.3) is 22.0 Å². The molecule has 1 atom stereocenters. The zero-order valence-electron chi connectivity index (χ0n) is 13.1. The molecule has 1 unspecified atom stereocenters. The third-order valence-electron chi connectivity index (χ3n) is 4.62. The monoisotopic (exact) mass is 322 g/mol. The fourth-order valence-corrected chi connectivity index (χ4v) is 3.44. The second kappa shape index (κ2) is 5.96. The third-order valence-corrected chi connectivity index (χ3v) is 4.62. The van der Waals surface area contributed by atoms with E-state index in [1.54, 1.807) is 6.33 Å². The molecule has 4 rings (SSSR count). The molecule has 1 saturated heterocycles. The minimum Gasteiger partial charge on any atom is -0.481 e. The van der Waals surface area contributed by atoms with Crippen molar-refractivity contribution < 1.29 is 9.90 Å². The maximum atomic E-state index is 11.4. The molecule has 0 saturated carbocycles. The van der Waals surface area contributed by atoms with E-state index in [2.05, 4.69) is 25.9 Å². The summed E-state index contributed by atoms with van der Waals surface area (Å²) in [5, 5.41) is 10.3. The Morgan fingerprint density at radius 2 is 2.21 bits per heavy atom. The Bertz CT molecular complexity index is 871. The lowest BCUT2D eigenvalue weighted by molar-refractivity contribution is -0.141. The molecular formula is C18H18N4O2. The van der Waals surface area contributed by atoms with Gasteiger partial charge in [0.25, 0.3) is 0 Å². The van der Waals surface area contributed by atoms with Crippen LogP contribution < -0.4 is 4.90 Å². The summed E-state index contributed by atoms with van der Waals surface area (Å²) < 4.78 is 0. The Kier molecular flexibility index (Phi) is 3.65. The van der Waals surface area contributed by atoms with Crippen molar-refractivity contribution in [2.75, 3.05) is 18.0 Å². The fourth-order valence-electron chi connectivity index (χ4n) is 3.44. The first-order valence-electron chi connectivity index (χ1n) is 8.08. The van der Waals surface area contributed by atoms with Gasteiger partial charge in [-0.05, 0) is 36.1 Å². The van der Waals surface area contributed by atoms with Gasteiger partial charge in [0.2, 0.25) is 0 Å². The minimum atomic E-state index is -0.732. The topological polar surface area (TPSA) is 82.1 Å². The summed E-state index contributed by atoms with van der Waals surface area (Å²) in [6, 6.07) is 8.02. The average molecular weight is 322 g/mol. The van der Waals surface area contributed by atoms with E-state index in [9.17, 15) is 9.90 Å². The number of hydrogen-bond donors (Lipinski definition) is 2. The molecule has 6 nitrogen and oxygen atoms in total. The lowest BCUT2D eigenvalue weighted by Crippen LogP contribution is -2.39. The number of piperidine rings is 1. The highest BCUT2D eigenvalue weighted by Crippen LogP contribution is 2.34. The van der Waals surface area contributed by atoms with E-state index in [4.69, 9.17) is 0 Å². The molecule has 2 aromatic heterocycles. The van der Waals surface area contributed by atoms with Crippen LogP contribution in [-0.4, -0.2) is 39.1 Å². The minimum absolute atomic E-state index is 0.344. The molecule has 122 valence electrons. The first kappa shape index (κ1) is 14.7. The average Bonchev–Trinajstić information content (AvgIpc) is 3.15. The van der Waals surface area contributed by atoms with Crippen molar-refractivity contribution in [3.05, 3.63) is 43.0 Å². The normalized spacial score (nSPS) is 18.0. The Labute approximate surface area is 139 Å². The number of rotatable bonds is 3. The molecule has 2 N–H and O–H groups in total. The lowest BCUT2D eigenvalue weighted by atomic mass is 9.97. The number of carbonyl (C=O) groups is 1. The van der Waals surface area contributed by atoms with Crippen LogP contribution in [0.2, 0.25) is 0 Å². The number of aromatic nitrogens is 3. The number of H-pyrrole nitrogens is 1. The van der Waals surface area contributed by atoms with Crippen LogP contribution >= 0.6 is 0 Å². The summed E-state index contributed by atoms with van der Waals surface area (Å²) in [6.07, 6.45) is 6.97. The number of aromatic amines is 1. The summed E-state index contributed by atoms with van der Waals surface area (Å²) in [5.74, 6) is -0.255. The van der Waals surface area contributed by atoms with Crippen molar-refractivity contribution in [1.82, 2.24) is 15.0 Å². The Morgan fingerprint density at radius 1 is 1.29 bits per heavy atom. The Balaban J connectivity index is 1.85. The van der Waals surface area contributed by atoms with Crippen molar-refractivity contribution >= 4 is 22.7 Å². The Morgan fingerprint density at radius 3 is 3.00 bits per heavy atom. The van der Waals surface area contributed by atoms with Gasteiger partial charge in [0.1, 0.15) is 12.1 Å². The molecule has 1 aliphatic rings. The van der Waals surface area contributed by atoms with E-state index in [0.29, 0.717) is 6.54 Å². The molecule has 6 heteroatoms. The van der Waals surface area contributed by atoms with Crippen LogP contribution in [0.3, 0.4) is 0 Å². The summed E-state index contributed by atoms with van der Waals surface area (Å²) >= 11 is 0. The Hall–Kier alpha value is -2.89. The van der Waals surface area contributed by atoms with Crippen molar-refractivity contribution in [3.8, 4) is 11.1 Å². The smallest absolute Gasteiger partial charge is 0.308 e. The van der Waals surface area contributed by atoms with Gasteiger partial charge >= 0.3 is 5.97 Å². The fraction of sp³-hybridized carbons (Fsp3) is 0.278. The number of hydrogen-bond acceptors (Lipinski definition) is 4. The van der Waals surface area contributed by atoms with Gasteiger partial charge in [0.05, 0.1) is 16.8 Å². The van der Waals surface area contributed by atoms with Gasteiger partial charge in [-0.1, -0.05) is 12.1 Å². The van der Waals surface area contributed by atoms with Crippen LogP contribution in [-0.2, 0) is 4.79 Å². The molecule has 0 aliphatic carbocycles. The van der Waals surface area contributed by atoms with Gasteiger partial charge in [-0.3, -0.25) is 4.79 Å². The quantitative estimate of drug-likeness (QED) is 0.775. The predicted molar refractivity (Wildman–Crippen MR) is 91.9 cm³/mol. The van der Waals surface area contributed by atoms with Crippen LogP contribution in [0.4, 0.5) is 5.82 Å². The van der Waals surface area contributed by atoms with Gasteiger partial charge in [-0.2, -0.15) is 0 Å². The largest absolute Gasteiger partial charge is 0.481 e. The van der Waals surface area contributed by atoms with E-state index in [0.717, 1.165) is 47.2 Å². The standard InChI is InChI=1S/C18H18N4O2/c23-18(24)13-3-2-8-22(10-13)17-16-14(12-6-7-19-9-12)4-1-5-15(16)20-11-21-17/h1,4-7,9,11,13,19H,2-3,8,10H2,(H,23,24). The van der Waals surface area contributed by atoms with E-state index in [-0.39, 0.29) is 5.92 Å². The van der Waals surface area contributed by atoms with E-state index in [1.165, 1.54) is 0 Å². The first-order chi connectivity index (χ1) is 11.7. The lowest BCUT2D eigenvalue weighted by Gasteiger charge is -2.32. The zero-order chi connectivity index (χ0) is 16.5. The molecule has 24 heavy (non-hydrogen) atoms. The van der Waals surface area contributed by atoms with Crippen molar-refractivity contribution in [2.45, 2.75) is 12.8 Å². The van der Waals surface area contributed by atoms with Crippen molar-refractivity contribution in [3.63, 3.8) is 0 Å². The second-order valence-corrected chi connectivity index (χ2v) is 6.12. The van der Waals surface area contributed by atoms with Crippen molar-refractivity contribution in [2.24, 2.45) is 5.92 Å². The van der Waals surface area contributed by atoms with Gasteiger partial charge in [-0.25, -0.2) is 9.97 Å². The molecular weight excluding hydrogens is 304 g/mol. The number of aliphatic carboxylic acids is 1. The molecule has 1 fully saturated rings. The van der Waals surface area contributed by atoms with Gasteiger partial charge in [0, 0.05) is 25.5 Å². The van der Waals surface area contributed by atoms with Crippen LogP contribution in [0.1, 0.15) is 12.8 Å². The molecule has 1 aromatic carbocycles. The first-order valence-corrected chi connectivity index (χ1v) is 8.08. The number of carboxylic acid groups (broad SMARTS) is 1. The molecule has 0 spiro atoms. The highest BCUT2D eigenvalue weighted by Gasteiger charge is 2.27. The maximum absolute atomic E-state index is 11.4. The maximum Gasteiger partial charge on any atom is 0.308 e. The van der Waals surface area contributed by atoms with Gasteiger partial charge in [-0.15, -0.1) is 0 Å². The number of carboxylic acids is 1. The van der Waals surface area contributed by atoms with Gasteiger partial charge < -0.3 is 15.0 Å².